The van der Waals surface area contributed by atoms with E-state index in [1.807, 2.05) is 24.3 Å². The molecular weight excluding hydrogens is 356 g/mol. The van der Waals surface area contributed by atoms with Crippen LogP contribution in [-0.2, 0) is 6.42 Å². The van der Waals surface area contributed by atoms with Crippen LogP contribution in [0, 0.1) is 0 Å². The summed E-state index contributed by atoms with van der Waals surface area (Å²) >= 11 is 0. The Kier molecular flexibility index (Phi) is 11.8. The van der Waals surface area contributed by atoms with E-state index in [-0.39, 0.29) is 0 Å². The fraction of sp³-hybridized carbons (Fsp3) is 0.538. The molecular formula is C26H38N2O. The molecule has 0 fully saturated rings. The molecule has 0 atom stereocenters. The maximum Gasteiger partial charge on any atom is 0.119 e. The average molecular weight is 395 g/mol. The van der Waals surface area contributed by atoms with Crippen molar-refractivity contribution in [2.45, 2.75) is 84.5 Å². The monoisotopic (exact) mass is 394 g/mol. The zero-order valence-corrected chi connectivity index (χ0v) is 18.4. The molecule has 0 N–H and O–H groups in total. The molecule has 0 aliphatic heterocycles. The van der Waals surface area contributed by atoms with Crippen molar-refractivity contribution in [1.82, 2.24) is 0 Å². The van der Waals surface area contributed by atoms with Gasteiger partial charge in [0.15, 0.2) is 0 Å². The Morgan fingerprint density at radius 3 is 1.72 bits per heavy atom. The molecule has 0 heterocycles. The van der Waals surface area contributed by atoms with Crippen LogP contribution in [0.1, 0.15) is 83.6 Å². The van der Waals surface area contributed by atoms with E-state index in [2.05, 4.69) is 48.3 Å². The van der Waals surface area contributed by atoms with Crippen molar-refractivity contribution in [3.63, 3.8) is 0 Å². The zero-order valence-electron chi connectivity index (χ0n) is 18.4. The summed E-state index contributed by atoms with van der Waals surface area (Å²) in [6.07, 6.45) is 14.1. The van der Waals surface area contributed by atoms with E-state index in [9.17, 15) is 0 Å². The first kappa shape index (κ1) is 23.1. The third-order valence-electron chi connectivity index (χ3n) is 5.14. The third-order valence-corrected chi connectivity index (χ3v) is 5.14. The van der Waals surface area contributed by atoms with Crippen molar-refractivity contribution in [2.75, 3.05) is 6.61 Å². The normalized spacial score (nSPS) is 11.2. The van der Waals surface area contributed by atoms with Gasteiger partial charge in [-0.2, -0.15) is 10.2 Å². The third kappa shape index (κ3) is 10.3. The zero-order chi connectivity index (χ0) is 20.6. The average Bonchev–Trinajstić information content (AvgIpc) is 2.76. The molecule has 2 aromatic carbocycles. The number of unbranched alkanes of at least 4 members (excludes halogenated alkanes) is 8. The maximum absolute atomic E-state index is 5.77. The van der Waals surface area contributed by atoms with Crippen molar-refractivity contribution in [3.05, 3.63) is 54.1 Å². The molecule has 0 spiro atoms. The van der Waals surface area contributed by atoms with Gasteiger partial charge in [0, 0.05) is 0 Å². The Hall–Kier alpha value is -2.16. The van der Waals surface area contributed by atoms with Gasteiger partial charge >= 0.3 is 0 Å². The van der Waals surface area contributed by atoms with Gasteiger partial charge in [-0.15, -0.1) is 0 Å². The van der Waals surface area contributed by atoms with Crippen LogP contribution < -0.4 is 4.74 Å². The van der Waals surface area contributed by atoms with E-state index in [1.54, 1.807) is 0 Å². The molecule has 0 saturated carbocycles. The number of azo groups is 1. The quantitative estimate of drug-likeness (QED) is 0.219. The highest BCUT2D eigenvalue weighted by atomic mass is 16.5. The van der Waals surface area contributed by atoms with Gasteiger partial charge in [-0.1, -0.05) is 77.3 Å². The second-order valence-corrected chi connectivity index (χ2v) is 7.79. The molecule has 3 nitrogen and oxygen atoms in total. The Balaban J connectivity index is 1.70. The summed E-state index contributed by atoms with van der Waals surface area (Å²) in [5.41, 5.74) is 3.13. The van der Waals surface area contributed by atoms with Crippen LogP contribution in [-0.4, -0.2) is 6.61 Å². The molecule has 0 aliphatic rings. The summed E-state index contributed by atoms with van der Waals surface area (Å²) in [5.74, 6) is 0.902. The lowest BCUT2D eigenvalue weighted by molar-refractivity contribution is 0.305. The van der Waals surface area contributed by atoms with Crippen LogP contribution >= 0.6 is 0 Å². The molecule has 0 aliphatic carbocycles. The van der Waals surface area contributed by atoms with Gasteiger partial charge in [0.2, 0.25) is 0 Å². The lowest BCUT2D eigenvalue weighted by atomic mass is 10.0. The predicted molar refractivity (Wildman–Crippen MR) is 124 cm³/mol. The highest BCUT2D eigenvalue weighted by Crippen LogP contribution is 2.22. The first-order valence-corrected chi connectivity index (χ1v) is 11.6. The Labute approximate surface area is 177 Å². The number of aryl methyl sites for hydroxylation is 1. The van der Waals surface area contributed by atoms with Crippen LogP contribution in [0.5, 0.6) is 5.75 Å². The molecule has 29 heavy (non-hydrogen) atoms. The number of hydrogen-bond acceptors (Lipinski definition) is 3. The van der Waals surface area contributed by atoms with E-state index in [4.69, 9.17) is 4.74 Å². The van der Waals surface area contributed by atoms with E-state index < -0.39 is 0 Å². The molecule has 0 aromatic heterocycles. The summed E-state index contributed by atoms with van der Waals surface area (Å²) in [6.45, 7) is 5.27. The predicted octanol–water partition coefficient (Wildman–Crippen LogP) is 8.96. The summed E-state index contributed by atoms with van der Waals surface area (Å²) in [6, 6.07) is 16.3. The van der Waals surface area contributed by atoms with Gasteiger partial charge in [-0.3, -0.25) is 0 Å². The first-order chi connectivity index (χ1) is 14.3. The van der Waals surface area contributed by atoms with E-state index in [0.29, 0.717) is 0 Å². The minimum atomic E-state index is 0.784. The fourth-order valence-corrected chi connectivity index (χ4v) is 3.28. The van der Waals surface area contributed by atoms with Crippen LogP contribution in [0.25, 0.3) is 0 Å². The van der Waals surface area contributed by atoms with Gasteiger partial charge in [0.05, 0.1) is 18.0 Å². The molecule has 0 amide bonds. The topological polar surface area (TPSA) is 34.0 Å². The highest BCUT2D eigenvalue weighted by molar-refractivity contribution is 5.43. The van der Waals surface area contributed by atoms with Crippen LogP contribution in [0.2, 0.25) is 0 Å². The van der Waals surface area contributed by atoms with Gasteiger partial charge in [0.1, 0.15) is 5.75 Å². The lowest BCUT2D eigenvalue weighted by Gasteiger charge is -2.05. The van der Waals surface area contributed by atoms with Crippen molar-refractivity contribution in [2.24, 2.45) is 10.2 Å². The van der Waals surface area contributed by atoms with E-state index >= 15 is 0 Å². The largest absolute Gasteiger partial charge is 0.494 e. The van der Waals surface area contributed by atoms with Gasteiger partial charge in [0.25, 0.3) is 0 Å². The standard InChI is InChI=1S/C26H38N2O/c1-3-5-7-9-10-11-13-23-14-16-24(17-15-23)27-28-25-18-20-26(21-19-25)29-22-12-8-6-4-2/h14-21H,3-13,22H2,1-2H3. The van der Waals surface area contributed by atoms with E-state index in [0.717, 1.165) is 36.6 Å². The molecule has 2 rings (SSSR count). The SMILES string of the molecule is CCCCCCCCc1ccc(N=Nc2ccc(OCCCCCC)cc2)cc1. The number of hydrogen-bond donors (Lipinski definition) is 0. The first-order valence-electron chi connectivity index (χ1n) is 11.6. The number of nitrogens with zero attached hydrogens (tertiary/aromatic N) is 2. The van der Waals surface area contributed by atoms with Crippen molar-refractivity contribution in [3.8, 4) is 5.75 Å². The molecule has 0 saturated heterocycles. The van der Waals surface area contributed by atoms with Gasteiger partial charge in [-0.05, 0) is 61.2 Å². The molecule has 0 bridgehead atoms. The Morgan fingerprint density at radius 2 is 1.10 bits per heavy atom. The summed E-state index contributed by atoms with van der Waals surface area (Å²) in [7, 11) is 0. The molecule has 3 heteroatoms. The van der Waals surface area contributed by atoms with Crippen LogP contribution in [0.3, 0.4) is 0 Å². The molecule has 158 valence electrons. The van der Waals surface area contributed by atoms with Crippen LogP contribution in [0.4, 0.5) is 11.4 Å². The number of benzene rings is 2. The minimum absolute atomic E-state index is 0.784. The van der Waals surface area contributed by atoms with Crippen molar-refractivity contribution >= 4 is 11.4 Å². The summed E-state index contributed by atoms with van der Waals surface area (Å²) < 4.78 is 5.77. The van der Waals surface area contributed by atoms with Crippen molar-refractivity contribution < 1.29 is 4.74 Å². The van der Waals surface area contributed by atoms with Crippen LogP contribution in [0.15, 0.2) is 58.8 Å². The lowest BCUT2D eigenvalue weighted by Crippen LogP contribution is -1.96. The maximum atomic E-state index is 5.77. The fourth-order valence-electron chi connectivity index (χ4n) is 3.28. The van der Waals surface area contributed by atoms with E-state index in [1.165, 1.54) is 63.4 Å². The number of ether oxygens (including phenoxy) is 1. The Bertz CT molecular complexity index is 677. The van der Waals surface area contributed by atoms with Gasteiger partial charge < -0.3 is 4.74 Å². The van der Waals surface area contributed by atoms with Crippen molar-refractivity contribution in [1.29, 1.82) is 0 Å². The van der Waals surface area contributed by atoms with Gasteiger partial charge in [-0.25, -0.2) is 0 Å². The second-order valence-electron chi connectivity index (χ2n) is 7.79. The summed E-state index contributed by atoms with van der Waals surface area (Å²) in [4.78, 5) is 0. The number of rotatable bonds is 15. The minimum Gasteiger partial charge on any atom is -0.494 e. The molecule has 0 radical (unpaired) electrons. The molecule has 0 unspecified atom stereocenters. The highest BCUT2D eigenvalue weighted by Gasteiger charge is 1.97. The Morgan fingerprint density at radius 1 is 0.586 bits per heavy atom. The second kappa shape index (κ2) is 14.8. The smallest absolute Gasteiger partial charge is 0.119 e. The molecule has 2 aromatic rings. The summed E-state index contributed by atoms with van der Waals surface area (Å²) in [5, 5.41) is 8.70.